The molecule has 1 aliphatic rings. The third kappa shape index (κ3) is 5.06. The Morgan fingerprint density at radius 3 is 2.44 bits per heavy atom. The first-order valence-corrected chi connectivity index (χ1v) is 12.4. The first-order chi connectivity index (χ1) is 15.4. The Morgan fingerprint density at radius 1 is 1.00 bits per heavy atom. The highest BCUT2D eigenvalue weighted by atomic mass is 35.5. The van der Waals surface area contributed by atoms with Crippen LogP contribution in [0.25, 0.3) is 10.8 Å². The molecule has 1 aliphatic heterocycles. The summed E-state index contributed by atoms with van der Waals surface area (Å²) >= 11 is 5.85. The van der Waals surface area contributed by atoms with Crippen LogP contribution in [0.15, 0.2) is 71.6 Å². The van der Waals surface area contributed by atoms with E-state index >= 15 is 0 Å². The third-order valence-corrected chi connectivity index (χ3v) is 7.85. The van der Waals surface area contributed by atoms with Gasteiger partial charge in [0, 0.05) is 29.4 Å². The lowest BCUT2D eigenvalue weighted by molar-refractivity contribution is -0.126. The van der Waals surface area contributed by atoms with Crippen molar-refractivity contribution in [3.8, 4) is 5.75 Å². The first-order valence-electron chi connectivity index (χ1n) is 10.6. The summed E-state index contributed by atoms with van der Waals surface area (Å²) in [7, 11) is -3.57. The number of amides is 1. The number of rotatable bonds is 7. The molecule has 1 amide bonds. The molecule has 8 heteroatoms. The van der Waals surface area contributed by atoms with Gasteiger partial charge in [-0.3, -0.25) is 4.79 Å². The minimum Gasteiger partial charge on any atom is -0.491 e. The predicted octanol–water partition coefficient (Wildman–Crippen LogP) is 4.09. The van der Waals surface area contributed by atoms with Gasteiger partial charge in [-0.25, -0.2) is 8.42 Å². The van der Waals surface area contributed by atoms with Crippen molar-refractivity contribution in [3.05, 3.63) is 71.8 Å². The van der Waals surface area contributed by atoms with Crippen molar-refractivity contribution < 1.29 is 17.9 Å². The van der Waals surface area contributed by atoms with Gasteiger partial charge in [0.05, 0.1) is 11.4 Å². The molecule has 1 heterocycles. The van der Waals surface area contributed by atoms with Gasteiger partial charge in [0.2, 0.25) is 15.9 Å². The van der Waals surface area contributed by atoms with E-state index in [1.807, 2.05) is 42.5 Å². The Hall–Kier alpha value is -2.61. The van der Waals surface area contributed by atoms with Gasteiger partial charge in [0.15, 0.2) is 0 Å². The lowest BCUT2D eigenvalue weighted by atomic mass is 9.97. The summed E-state index contributed by atoms with van der Waals surface area (Å²) in [6.07, 6.45) is 0.978. The third-order valence-electron chi connectivity index (χ3n) is 5.68. The molecular formula is C24H25ClN2O4S. The van der Waals surface area contributed by atoms with Crippen molar-refractivity contribution in [2.75, 3.05) is 26.2 Å². The molecule has 0 bridgehead atoms. The zero-order chi connectivity index (χ0) is 22.6. The van der Waals surface area contributed by atoms with Gasteiger partial charge in [0.25, 0.3) is 0 Å². The standard InChI is InChI=1S/C24H25ClN2O4S/c25-20-8-10-21(11-9-20)32(29,30)27-15-12-19(13-16-27)24(28)26-14-17-31-23-7-3-5-18-4-1-2-6-22(18)23/h1-11,19H,12-17H2,(H,26,28). The number of hydrogen-bond acceptors (Lipinski definition) is 4. The van der Waals surface area contributed by atoms with E-state index < -0.39 is 10.0 Å². The van der Waals surface area contributed by atoms with Crippen LogP contribution in [0.5, 0.6) is 5.75 Å². The van der Waals surface area contributed by atoms with E-state index in [0.717, 1.165) is 16.5 Å². The van der Waals surface area contributed by atoms with E-state index in [0.29, 0.717) is 44.1 Å². The summed E-state index contributed by atoms with van der Waals surface area (Å²) in [4.78, 5) is 12.8. The molecule has 6 nitrogen and oxygen atoms in total. The van der Waals surface area contributed by atoms with Gasteiger partial charge in [-0.15, -0.1) is 0 Å². The second-order valence-electron chi connectivity index (χ2n) is 7.75. The number of piperidine rings is 1. The zero-order valence-electron chi connectivity index (χ0n) is 17.5. The Kier molecular flexibility index (Phi) is 6.98. The van der Waals surface area contributed by atoms with Gasteiger partial charge in [-0.2, -0.15) is 4.31 Å². The molecule has 3 aromatic rings. The summed E-state index contributed by atoms with van der Waals surface area (Å²) in [5, 5.41) is 5.55. The maximum Gasteiger partial charge on any atom is 0.243 e. The number of ether oxygens (including phenoxy) is 1. The molecule has 0 saturated carbocycles. The average Bonchev–Trinajstić information content (AvgIpc) is 2.82. The van der Waals surface area contributed by atoms with E-state index in [9.17, 15) is 13.2 Å². The fourth-order valence-electron chi connectivity index (χ4n) is 3.92. The first kappa shape index (κ1) is 22.6. The van der Waals surface area contributed by atoms with Crippen molar-refractivity contribution in [1.82, 2.24) is 9.62 Å². The van der Waals surface area contributed by atoms with E-state index in [1.54, 1.807) is 12.1 Å². The van der Waals surface area contributed by atoms with Crippen LogP contribution >= 0.6 is 11.6 Å². The molecular weight excluding hydrogens is 448 g/mol. The lowest BCUT2D eigenvalue weighted by Crippen LogP contribution is -2.43. The molecule has 32 heavy (non-hydrogen) atoms. The topological polar surface area (TPSA) is 75.7 Å². The van der Waals surface area contributed by atoms with E-state index in [4.69, 9.17) is 16.3 Å². The lowest BCUT2D eigenvalue weighted by Gasteiger charge is -2.30. The summed E-state index contributed by atoms with van der Waals surface area (Å²) in [6, 6.07) is 20.0. The number of nitrogens with one attached hydrogen (secondary N) is 1. The number of benzene rings is 3. The van der Waals surface area contributed by atoms with Crippen LogP contribution in [0.3, 0.4) is 0 Å². The van der Waals surface area contributed by atoms with Crippen LogP contribution in [-0.4, -0.2) is 44.9 Å². The van der Waals surface area contributed by atoms with E-state index in [-0.39, 0.29) is 16.7 Å². The number of fused-ring (bicyclic) bond motifs is 1. The zero-order valence-corrected chi connectivity index (χ0v) is 19.1. The highest BCUT2D eigenvalue weighted by Crippen LogP contribution is 2.26. The summed E-state index contributed by atoms with van der Waals surface area (Å²) in [6.45, 7) is 1.39. The average molecular weight is 473 g/mol. The van der Waals surface area contributed by atoms with Gasteiger partial charge >= 0.3 is 0 Å². The molecule has 168 valence electrons. The molecule has 0 atom stereocenters. The van der Waals surface area contributed by atoms with Crippen LogP contribution in [0, 0.1) is 5.92 Å². The van der Waals surface area contributed by atoms with Gasteiger partial charge < -0.3 is 10.1 Å². The Morgan fingerprint density at radius 2 is 1.69 bits per heavy atom. The molecule has 1 saturated heterocycles. The van der Waals surface area contributed by atoms with Gasteiger partial charge in [0.1, 0.15) is 12.4 Å². The Balaban J connectivity index is 1.24. The quantitative estimate of drug-likeness (QED) is 0.525. The summed E-state index contributed by atoms with van der Waals surface area (Å²) < 4.78 is 32.9. The van der Waals surface area contributed by atoms with Crippen LogP contribution in [0.1, 0.15) is 12.8 Å². The monoisotopic (exact) mass is 472 g/mol. The second-order valence-corrected chi connectivity index (χ2v) is 10.1. The Bertz CT molecular complexity index is 1180. The van der Waals surface area contributed by atoms with E-state index in [2.05, 4.69) is 5.32 Å². The second kappa shape index (κ2) is 9.90. The number of carbonyl (C=O) groups is 1. The predicted molar refractivity (Wildman–Crippen MR) is 125 cm³/mol. The number of halogens is 1. The minimum absolute atomic E-state index is 0.0601. The molecule has 0 unspecified atom stereocenters. The fourth-order valence-corrected chi connectivity index (χ4v) is 5.51. The number of nitrogens with zero attached hydrogens (tertiary/aromatic N) is 1. The molecule has 0 radical (unpaired) electrons. The SMILES string of the molecule is O=C(NCCOc1cccc2ccccc12)C1CCN(S(=O)(=O)c2ccc(Cl)cc2)CC1. The van der Waals surface area contributed by atoms with Crippen molar-refractivity contribution in [1.29, 1.82) is 0 Å². The smallest absolute Gasteiger partial charge is 0.243 e. The molecule has 1 fully saturated rings. The molecule has 0 aliphatic carbocycles. The van der Waals surface area contributed by atoms with Crippen molar-refractivity contribution >= 4 is 38.3 Å². The summed E-state index contributed by atoms with van der Waals surface area (Å²) in [5.41, 5.74) is 0. The van der Waals surface area contributed by atoms with Crippen molar-refractivity contribution in [2.45, 2.75) is 17.7 Å². The van der Waals surface area contributed by atoms with Crippen LogP contribution in [0.2, 0.25) is 5.02 Å². The number of hydrogen-bond donors (Lipinski definition) is 1. The number of carbonyl (C=O) groups excluding carboxylic acids is 1. The van der Waals surface area contributed by atoms with Crippen LogP contribution in [-0.2, 0) is 14.8 Å². The minimum atomic E-state index is -3.57. The van der Waals surface area contributed by atoms with Gasteiger partial charge in [-0.05, 0) is 48.6 Å². The normalized spacial score (nSPS) is 15.5. The van der Waals surface area contributed by atoms with E-state index in [1.165, 1.54) is 16.4 Å². The Labute approximate surface area is 193 Å². The largest absolute Gasteiger partial charge is 0.491 e. The highest BCUT2D eigenvalue weighted by molar-refractivity contribution is 7.89. The highest BCUT2D eigenvalue weighted by Gasteiger charge is 2.31. The van der Waals surface area contributed by atoms with Crippen LogP contribution < -0.4 is 10.1 Å². The number of sulfonamides is 1. The van der Waals surface area contributed by atoms with Crippen molar-refractivity contribution in [2.24, 2.45) is 5.92 Å². The molecule has 1 N–H and O–H groups in total. The van der Waals surface area contributed by atoms with Gasteiger partial charge in [-0.1, -0.05) is 48.0 Å². The molecule has 0 spiro atoms. The maximum absolute atomic E-state index is 12.8. The maximum atomic E-state index is 12.8. The molecule has 4 rings (SSSR count). The summed E-state index contributed by atoms with van der Waals surface area (Å²) in [5.74, 6) is 0.525. The fraction of sp³-hybridized carbons (Fsp3) is 0.292. The van der Waals surface area contributed by atoms with Crippen molar-refractivity contribution in [3.63, 3.8) is 0 Å². The molecule has 0 aromatic heterocycles. The molecule has 3 aromatic carbocycles. The van der Waals surface area contributed by atoms with Crippen LogP contribution in [0.4, 0.5) is 0 Å².